The molecule has 0 aliphatic rings. The van der Waals surface area contributed by atoms with E-state index >= 15 is 0 Å². The van der Waals surface area contributed by atoms with Gasteiger partial charge in [0.1, 0.15) is 23.8 Å². The first-order valence-corrected chi connectivity index (χ1v) is 6.48. The lowest BCUT2D eigenvalue weighted by Gasteiger charge is -2.10. The van der Waals surface area contributed by atoms with Crippen molar-refractivity contribution in [3.8, 4) is 11.5 Å². The highest BCUT2D eigenvalue weighted by molar-refractivity contribution is 5.80. The van der Waals surface area contributed by atoms with Crippen LogP contribution in [-0.4, -0.2) is 22.8 Å². The quantitative estimate of drug-likeness (QED) is 0.675. The first kappa shape index (κ1) is 13.2. The van der Waals surface area contributed by atoms with Crippen molar-refractivity contribution in [2.45, 2.75) is 6.61 Å². The van der Waals surface area contributed by atoms with Crippen molar-refractivity contribution in [3.63, 3.8) is 0 Å². The van der Waals surface area contributed by atoms with E-state index < -0.39 is 0 Å². The summed E-state index contributed by atoms with van der Waals surface area (Å²) in [5.41, 5.74) is 2.26. The van der Waals surface area contributed by atoms with Crippen molar-refractivity contribution < 1.29 is 14.3 Å². The van der Waals surface area contributed by atoms with Gasteiger partial charge in [-0.15, -0.1) is 0 Å². The van der Waals surface area contributed by atoms with Crippen LogP contribution in [0.4, 0.5) is 0 Å². The number of rotatable bonds is 5. The van der Waals surface area contributed by atoms with E-state index in [1.54, 1.807) is 31.5 Å². The molecule has 1 aromatic carbocycles. The summed E-state index contributed by atoms with van der Waals surface area (Å²) in [4.78, 5) is 15.4. The predicted octanol–water partition coefficient (Wildman–Crippen LogP) is 2.73. The van der Waals surface area contributed by atoms with E-state index in [-0.39, 0.29) is 0 Å². The van der Waals surface area contributed by atoms with Crippen LogP contribution in [0.5, 0.6) is 11.5 Å². The van der Waals surface area contributed by atoms with Crippen molar-refractivity contribution in [3.05, 3.63) is 60.0 Å². The molecule has 2 heterocycles. The van der Waals surface area contributed by atoms with Crippen LogP contribution in [0.1, 0.15) is 15.9 Å². The number of carbonyl (C=O) groups is 1. The molecule has 0 aliphatic carbocycles. The fourth-order valence-corrected chi connectivity index (χ4v) is 2.15. The molecule has 0 aliphatic heterocycles. The lowest BCUT2D eigenvalue weighted by molar-refractivity contribution is 0.111. The molecule has 0 amide bonds. The van der Waals surface area contributed by atoms with Crippen LogP contribution < -0.4 is 9.47 Å². The second-order valence-corrected chi connectivity index (χ2v) is 4.50. The number of hydrogen-bond acceptors (Lipinski definition) is 4. The number of benzene rings is 1. The van der Waals surface area contributed by atoms with Crippen molar-refractivity contribution in [2.75, 3.05) is 7.11 Å². The molecule has 0 atom stereocenters. The molecule has 0 fully saturated rings. The van der Waals surface area contributed by atoms with Crippen LogP contribution in [-0.2, 0) is 6.61 Å². The van der Waals surface area contributed by atoms with Gasteiger partial charge in [-0.05, 0) is 24.3 Å². The lowest BCUT2D eigenvalue weighted by Crippen LogP contribution is -2.01. The average Bonchev–Trinajstić information content (AvgIpc) is 3.01. The van der Waals surface area contributed by atoms with Gasteiger partial charge < -0.3 is 13.9 Å². The van der Waals surface area contributed by atoms with Crippen molar-refractivity contribution in [1.29, 1.82) is 0 Å². The summed E-state index contributed by atoms with van der Waals surface area (Å²) in [7, 11) is 1.56. The molecule has 21 heavy (non-hydrogen) atoms. The molecular formula is C16H14N2O3. The molecule has 3 rings (SSSR count). The zero-order valence-corrected chi connectivity index (χ0v) is 11.5. The zero-order chi connectivity index (χ0) is 14.7. The first-order chi connectivity index (χ1) is 10.3. The maximum atomic E-state index is 11.1. The van der Waals surface area contributed by atoms with Crippen LogP contribution >= 0.6 is 0 Å². The van der Waals surface area contributed by atoms with Crippen LogP contribution in [0, 0.1) is 0 Å². The van der Waals surface area contributed by atoms with Crippen LogP contribution in [0.25, 0.3) is 5.65 Å². The minimum absolute atomic E-state index is 0.342. The van der Waals surface area contributed by atoms with E-state index in [0.717, 1.165) is 17.5 Å². The molecule has 0 saturated carbocycles. The summed E-state index contributed by atoms with van der Waals surface area (Å²) in [6.07, 6.45) is 6.30. The zero-order valence-electron chi connectivity index (χ0n) is 11.5. The van der Waals surface area contributed by atoms with Gasteiger partial charge in [0.2, 0.25) is 0 Å². The van der Waals surface area contributed by atoms with E-state index in [4.69, 9.17) is 9.47 Å². The van der Waals surface area contributed by atoms with E-state index in [1.165, 1.54) is 0 Å². The number of aromatic nitrogens is 2. The topological polar surface area (TPSA) is 52.8 Å². The molecule has 0 spiro atoms. The number of fused-ring (bicyclic) bond motifs is 1. The Bertz CT molecular complexity index is 780. The Balaban J connectivity index is 1.84. The summed E-state index contributed by atoms with van der Waals surface area (Å²) in [5, 5.41) is 0. The number of nitrogens with zero attached hydrogens (tertiary/aromatic N) is 2. The number of aldehydes is 1. The fourth-order valence-electron chi connectivity index (χ4n) is 2.15. The summed E-state index contributed by atoms with van der Waals surface area (Å²) in [5.74, 6) is 1.15. The minimum atomic E-state index is 0.342. The maximum absolute atomic E-state index is 11.1. The number of methoxy groups -OCH3 is 1. The molecule has 5 nitrogen and oxygen atoms in total. The Morgan fingerprint density at radius 3 is 3.00 bits per heavy atom. The second kappa shape index (κ2) is 5.66. The third-order valence-corrected chi connectivity index (χ3v) is 3.23. The third kappa shape index (κ3) is 2.58. The van der Waals surface area contributed by atoms with Gasteiger partial charge in [0, 0.05) is 24.2 Å². The number of pyridine rings is 1. The molecule has 0 radical (unpaired) electrons. The monoisotopic (exact) mass is 282 g/mol. The Morgan fingerprint density at radius 2 is 2.19 bits per heavy atom. The van der Waals surface area contributed by atoms with Gasteiger partial charge in [0.25, 0.3) is 0 Å². The van der Waals surface area contributed by atoms with E-state index in [1.807, 2.05) is 28.9 Å². The highest BCUT2D eigenvalue weighted by Gasteiger charge is 2.07. The molecule has 0 saturated heterocycles. The molecule has 106 valence electrons. The van der Waals surface area contributed by atoms with E-state index in [0.29, 0.717) is 23.7 Å². The molecule has 5 heteroatoms. The Hall–Kier alpha value is -2.82. The molecule has 0 bridgehead atoms. The highest BCUT2D eigenvalue weighted by Crippen LogP contribution is 2.24. The normalized spacial score (nSPS) is 10.5. The van der Waals surface area contributed by atoms with Gasteiger partial charge in [0.15, 0.2) is 6.29 Å². The van der Waals surface area contributed by atoms with Gasteiger partial charge in [0.05, 0.1) is 12.7 Å². The highest BCUT2D eigenvalue weighted by atomic mass is 16.5. The average molecular weight is 282 g/mol. The van der Waals surface area contributed by atoms with Gasteiger partial charge in [-0.3, -0.25) is 4.79 Å². The van der Waals surface area contributed by atoms with E-state index in [2.05, 4.69) is 4.98 Å². The van der Waals surface area contributed by atoms with Gasteiger partial charge in [-0.25, -0.2) is 4.98 Å². The summed E-state index contributed by atoms with van der Waals surface area (Å²) >= 11 is 0. The first-order valence-electron chi connectivity index (χ1n) is 6.48. The largest absolute Gasteiger partial charge is 0.497 e. The second-order valence-electron chi connectivity index (χ2n) is 4.50. The predicted molar refractivity (Wildman–Crippen MR) is 77.9 cm³/mol. The van der Waals surface area contributed by atoms with E-state index in [9.17, 15) is 4.79 Å². The van der Waals surface area contributed by atoms with Crippen molar-refractivity contribution in [1.82, 2.24) is 9.38 Å². The summed E-state index contributed by atoms with van der Waals surface area (Å²) < 4.78 is 12.8. The standard InChI is InChI=1S/C16H14N2O3/c1-20-14-4-5-15(13(9-14)10-19)21-11-12-3-2-7-18-8-6-17-16(12)18/h2-10H,11H2,1H3. The number of hydrogen-bond donors (Lipinski definition) is 0. The summed E-state index contributed by atoms with van der Waals surface area (Å²) in [6, 6.07) is 9.03. The van der Waals surface area contributed by atoms with Crippen molar-refractivity contribution >= 4 is 11.9 Å². The molecule has 3 aromatic rings. The SMILES string of the molecule is COc1ccc(OCc2cccn3ccnc23)c(C=O)c1. The van der Waals surface area contributed by atoms with Crippen molar-refractivity contribution in [2.24, 2.45) is 0 Å². The number of carbonyl (C=O) groups excluding carboxylic acids is 1. The van der Waals surface area contributed by atoms with Gasteiger partial charge in [-0.2, -0.15) is 0 Å². The van der Waals surface area contributed by atoms with Crippen LogP contribution in [0.2, 0.25) is 0 Å². The Labute approximate surface area is 121 Å². The van der Waals surface area contributed by atoms with Gasteiger partial charge >= 0.3 is 0 Å². The summed E-state index contributed by atoms with van der Waals surface area (Å²) in [6.45, 7) is 0.342. The fraction of sp³-hybridized carbons (Fsp3) is 0.125. The lowest BCUT2D eigenvalue weighted by atomic mass is 10.2. The molecule has 0 N–H and O–H groups in total. The smallest absolute Gasteiger partial charge is 0.153 e. The van der Waals surface area contributed by atoms with Crippen LogP contribution in [0.15, 0.2) is 48.9 Å². The number of imidazole rings is 1. The third-order valence-electron chi connectivity index (χ3n) is 3.23. The number of ether oxygens (including phenoxy) is 2. The molecule has 0 unspecified atom stereocenters. The Morgan fingerprint density at radius 1 is 1.29 bits per heavy atom. The Kier molecular flexibility index (Phi) is 3.55. The van der Waals surface area contributed by atoms with Crippen LogP contribution in [0.3, 0.4) is 0 Å². The maximum Gasteiger partial charge on any atom is 0.153 e. The molecule has 2 aromatic heterocycles. The van der Waals surface area contributed by atoms with Gasteiger partial charge in [-0.1, -0.05) is 6.07 Å². The molecular weight excluding hydrogens is 268 g/mol. The minimum Gasteiger partial charge on any atom is -0.497 e.